The van der Waals surface area contributed by atoms with Crippen LogP contribution in [0.1, 0.15) is 11.1 Å². The van der Waals surface area contributed by atoms with Crippen LogP contribution in [-0.4, -0.2) is 10.2 Å². The SMILES string of the molecule is C=Cc1cn[nH]c(=O)c1C=C. The first-order valence-electron chi connectivity index (χ1n) is 3.12. The number of H-pyrrole nitrogens is 1. The van der Waals surface area contributed by atoms with Gasteiger partial charge in [0.05, 0.1) is 6.20 Å². The van der Waals surface area contributed by atoms with Crippen molar-refractivity contribution in [3.63, 3.8) is 0 Å². The van der Waals surface area contributed by atoms with E-state index in [9.17, 15) is 4.79 Å². The molecule has 1 aromatic rings. The Kier molecular flexibility index (Phi) is 2.01. The van der Waals surface area contributed by atoms with Crippen molar-refractivity contribution in [2.45, 2.75) is 0 Å². The number of nitrogens with one attached hydrogen (secondary N) is 1. The molecule has 0 radical (unpaired) electrons. The lowest BCUT2D eigenvalue weighted by Crippen LogP contribution is -2.11. The van der Waals surface area contributed by atoms with E-state index in [1.54, 1.807) is 6.08 Å². The Labute approximate surface area is 64.1 Å². The van der Waals surface area contributed by atoms with E-state index in [0.29, 0.717) is 11.1 Å². The van der Waals surface area contributed by atoms with Crippen LogP contribution in [0.4, 0.5) is 0 Å². The summed E-state index contributed by atoms with van der Waals surface area (Å²) in [4.78, 5) is 11.0. The first-order valence-corrected chi connectivity index (χ1v) is 3.12. The maximum absolute atomic E-state index is 11.0. The van der Waals surface area contributed by atoms with Gasteiger partial charge in [0, 0.05) is 11.1 Å². The molecule has 1 aromatic heterocycles. The maximum atomic E-state index is 11.0. The topological polar surface area (TPSA) is 45.8 Å². The van der Waals surface area contributed by atoms with Gasteiger partial charge < -0.3 is 0 Å². The van der Waals surface area contributed by atoms with Crippen molar-refractivity contribution in [3.05, 3.63) is 40.8 Å². The largest absolute Gasteiger partial charge is 0.272 e. The van der Waals surface area contributed by atoms with Gasteiger partial charge >= 0.3 is 0 Å². The molecule has 56 valence electrons. The van der Waals surface area contributed by atoms with E-state index < -0.39 is 0 Å². The molecule has 0 aliphatic rings. The maximum Gasteiger partial charge on any atom is 0.272 e. The molecule has 3 nitrogen and oxygen atoms in total. The van der Waals surface area contributed by atoms with Crippen LogP contribution in [0.2, 0.25) is 0 Å². The molecule has 0 aromatic carbocycles. The van der Waals surface area contributed by atoms with E-state index in [-0.39, 0.29) is 5.56 Å². The van der Waals surface area contributed by atoms with Gasteiger partial charge in [0.25, 0.3) is 5.56 Å². The average Bonchev–Trinajstić information content (AvgIpc) is 2.04. The molecule has 1 rings (SSSR count). The van der Waals surface area contributed by atoms with Gasteiger partial charge in [-0.15, -0.1) is 0 Å². The summed E-state index contributed by atoms with van der Waals surface area (Å²) in [5.41, 5.74) is 0.969. The van der Waals surface area contributed by atoms with Crippen LogP contribution >= 0.6 is 0 Å². The van der Waals surface area contributed by atoms with Crippen LogP contribution in [0.15, 0.2) is 24.1 Å². The predicted molar refractivity (Wildman–Crippen MR) is 45.0 cm³/mol. The molecule has 0 bridgehead atoms. The second-order valence-electron chi connectivity index (χ2n) is 1.98. The summed E-state index contributed by atoms with van der Waals surface area (Å²) in [5, 5.41) is 5.91. The Balaban J connectivity index is 3.47. The lowest BCUT2D eigenvalue weighted by atomic mass is 10.2. The minimum absolute atomic E-state index is 0.239. The van der Waals surface area contributed by atoms with Gasteiger partial charge in [-0.3, -0.25) is 4.79 Å². The number of aromatic amines is 1. The molecule has 0 aliphatic carbocycles. The molecule has 11 heavy (non-hydrogen) atoms. The van der Waals surface area contributed by atoms with Gasteiger partial charge in [0.2, 0.25) is 0 Å². The Bertz CT molecular complexity index is 338. The molecule has 1 N–H and O–H groups in total. The molecule has 0 saturated carbocycles. The third kappa shape index (κ3) is 1.26. The third-order valence-corrected chi connectivity index (χ3v) is 1.35. The van der Waals surface area contributed by atoms with Crippen molar-refractivity contribution < 1.29 is 0 Å². The van der Waals surface area contributed by atoms with Gasteiger partial charge in [-0.25, -0.2) is 5.10 Å². The Morgan fingerprint density at radius 3 is 2.64 bits per heavy atom. The average molecular weight is 148 g/mol. The number of nitrogens with zero attached hydrogens (tertiary/aromatic N) is 1. The van der Waals surface area contributed by atoms with Gasteiger partial charge in [-0.2, -0.15) is 5.10 Å². The van der Waals surface area contributed by atoms with Crippen molar-refractivity contribution in [2.24, 2.45) is 0 Å². The number of hydrogen-bond donors (Lipinski definition) is 1. The monoisotopic (exact) mass is 148 g/mol. The second kappa shape index (κ2) is 2.96. The van der Waals surface area contributed by atoms with E-state index >= 15 is 0 Å². The number of hydrogen-bond acceptors (Lipinski definition) is 2. The highest BCUT2D eigenvalue weighted by molar-refractivity contribution is 5.61. The minimum Gasteiger partial charge on any atom is -0.267 e. The van der Waals surface area contributed by atoms with Crippen LogP contribution in [0.25, 0.3) is 12.2 Å². The highest BCUT2D eigenvalue weighted by atomic mass is 16.1. The highest BCUT2D eigenvalue weighted by Gasteiger charge is 1.98. The van der Waals surface area contributed by atoms with Crippen LogP contribution in [0, 0.1) is 0 Å². The first-order chi connectivity index (χ1) is 5.29. The fourth-order valence-corrected chi connectivity index (χ4v) is 0.795. The van der Waals surface area contributed by atoms with Crippen LogP contribution in [-0.2, 0) is 0 Å². The molecule has 0 aliphatic heterocycles. The smallest absolute Gasteiger partial charge is 0.267 e. The zero-order valence-corrected chi connectivity index (χ0v) is 6.00. The van der Waals surface area contributed by atoms with E-state index in [0.717, 1.165) is 0 Å². The second-order valence-corrected chi connectivity index (χ2v) is 1.98. The summed E-state index contributed by atoms with van der Waals surface area (Å²) in [6.07, 6.45) is 4.59. The Morgan fingerprint density at radius 2 is 2.18 bits per heavy atom. The van der Waals surface area contributed by atoms with Gasteiger partial charge in [0.1, 0.15) is 0 Å². The van der Waals surface area contributed by atoms with E-state index in [2.05, 4.69) is 23.4 Å². The Hall–Kier alpha value is -1.64. The standard InChI is InChI=1S/C8H8N2O/c1-3-6-5-9-10-8(11)7(6)4-2/h3-5H,1-2H2,(H,10,11). The van der Waals surface area contributed by atoms with Crippen molar-refractivity contribution in [2.75, 3.05) is 0 Å². The van der Waals surface area contributed by atoms with Gasteiger partial charge in [-0.1, -0.05) is 25.3 Å². The third-order valence-electron chi connectivity index (χ3n) is 1.35. The summed E-state index contributed by atoms with van der Waals surface area (Å²) in [7, 11) is 0. The van der Waals surface area contributed by atoms with Crippen molar-refractivity contribution in [3.8, 4) is 0 Å². The van der Waals surface area contributed by atoms with Gasteiger partial charge in [0.15, 0.2) is 0 Å². The van der Waals surface area contributed by atoms with Crippen LogP contribution < -0.4 is 5.56 Å². The highest BCUT2D eigenvalue weighted by Crippen LogP contribution is 2.02. The summed E-state index contributed by atoms with van der Waals surface area (Å²) in [5.74, 6) is 0. The fraction of sp³-hybridized carbons (Fsp3) is 0. The van der Waals surface area contributed by atoms with Crippen LogP contribution in [0.5, 0.6) is 0 Å². The summed E-state index contributed by atoms with van der Waals surface area (Å²) < 4.78 is 0. The number of rotatable bonds is 2. The zero-order chi connectivity index (χ0) is 8.27. The predicted octanol–water partition coefficient (Wildman–Crippen LogP) is 1.06. The minimum atomic E-state index is -0.239. The molecule has 0 saturated heterocycles. The van der Waals surface area contributed by atoms with Crippen molar-refractivity contribution in [1.29, 1.82) is 0 Å². The summed E-state index contributed by atoms with van der Waals surface area (Å²) in [6.45, 7) is 7.04. The summed E-state index contributed by atoms with van der Waals surface area (Å²) in [6, 6.07) is 0. The quantitative estimate of drug-likeness (QED) is 0.681. The summed E-state index contributed by atoms with van der Waals surface area (Å²) >= 11 is 0. The van der Waals surface area contributed by atoms with E-state index in [1.165, 1.54) is 12.3 Å². The molecule has 1 heterocycles. The zero-order valence-electron chi connectivity index (χ0n) is 6.00. The van der Waals surface area contributed by atoms with E-state index in [4.69, 9.17) is 0 Å². The first kappa shape index (κ1) is 7.47. The normalized spacial score (nSPS) is 9.09. The molecular formula is C8H8N2O. The molecule has 0 spiro atoms. The van der Waals surface area contributed by atoms with Crippen molar-refractivity contribution in [1.82, 2.24) is 10.2 Å². The lowest BCUT2D eigenvalue weighted by Gasteiger charge is -1.95. The van der Waals surface area contributed by atoms with Crippen LogP contribution in [0.3, 0.4) is 0 Å². The molecular weight excluding hydrogens is 140 g/mol. The molecule has 3 heteroatoms. The fourth-order valence-electron chi connectivity index (χ4n) is 0.795. The Morgan fingerprint density at radius 1 is 1.45 bits per heavy atom. The molecule has 0 atom stereocenters. The van der Waals surface area contributed by atoms with Gasteiger partial charge in [-0.05, 0) is 0 Å². The number of aromatic nitrogens is 2. The molecule has 0 unspecified atom stereocenters. The lowest BCUT2D eigenvalue weighted by molar-refractivity contribution is 0.980. The molecule has 0 amide bonds. The molecule has 0 fully saturated rings. The van der Waals surface area contributed by atoms with Crippen molar-refractivity contribution >= 4 is 12.2 Å². The van der Waals surface area contributed by atoms with E-state index in [1.807, 2.05) is 0 Å².